The van der Waals surface area contributed by atoms with E-state index in [2.05, 4.69) is 36.5 Å². The van der Waals surface area contributed by atoms with Gasteiger partial charge in [-0.05, 0) is 30.7 Å². The Balaban J connectivity index is 1.90. The Hall–Kier alpha value is -0.820. The summed E-state index contributed by atoms with van der Waals surface area (Å²) in [5.41, 5.74) is 3.53. The Bertz CT molecular complexity index is 348. The molecule has 3 rings (SSSR count). The Morgan fingerprint density at radius 3 is 2.53 bits per heavy atom. The molecule has 1 aromatic carbocycles. The van der Waals surface area contributed by atoms with Gasteiger partial charge in [0, 0.05) is 19.0 Å². The van der Waals surface area contributed by atoms with Crippen molar-refractivity contribution >= 4 is 0 Å². The highest BCUT2D eigenvalue weighted by atomic mass is 14.9. The van der Waals surface area contributed by atoms with Crippen LogP contribution in [-0.4, -0.2) is 13.1 Å². The van der Waals surface area contributed by atoms with E-state index in [1.54, 1.807) is 5.56 Å². The summed E-state index contributed by atoms with van der Waals surface area (Å²) < 4.78 is 0. The van der Waals surface area contributed by atoms with Gasteiger partial charge in [-0.25, -0.2) is 0 Å². The largest absolute Gasteiger partial charge is 0.316 e. The summed E-state index contributed by atoms with van der Waals surface area (Å²) in [5.74, 6) is 0.770. The lowest BCUT2D eigenvalue weighted by Gasteiger charge is -2.43. The van der Waals surface area contributed by atoms with Gasteiger partial charge in [-0.15, -0.1) is 0 Å². The van der Waals surface area contributed by atoms with Crippen molar-refractivity contribution < 1.29 is 0 Å². The molecule has 1 spiro atoms. The lowest BCUT2D eigenvalue weighted by Crippen LogP contribution is -2.36. The maximum atomic E-state index is 3.58. The highest BCUT2D eigenvalue weighted by Crippen LogP contribution is 2.53. The van der Waals surface area contributed by atoms with Gasteiger partial charge in [0.1, 0.15) is 0 Å². The van der Waals surface area contributed by atoms with Crippen molar-refractivity contribution in [2.45, 2.75) is 32.1 Å². The summed E-state index contributed by atoms with van der Waals surface area (Å²) in [5, 5.41) is 3.58. The van der Waals surface area contributed by atoms with Crippen molar-refractivity contribution in [3.05, 3.63) is 35.4 Å². The van der Waals surface area contributed by atoms with Crippen LogP contribution in [0.4, 0.5) is 0 Å². The predicted molar refractivity (Wildman–Crippen MR) is 63.1 cm³/mol. The van der Waals surface area contributed by atoms with E-state index >= 15 is 0 Å². The van der Waals surface area contributed by atoms with Gasteiger partial charge in [-0.3, -0.25) is 0 Å². The van der Waals surface area contributed by atoms with Crippen LogP contribution in [0, 0.1) is 12.3 Å². The highest BCUT2D eigenvalue weighted by molar-refractivity contribution is 5.29. The molecule has 1 saturated carbocycles. The molecule has 0 amide bonds. The van der Waals surface area contributed by atoms with E-state index in [4.69, 9.17) is 0 Å². The minimum absolute atomic E-state index is 0.620. The number of benzene rings is 1. The standard InChI is InChI=1S/C14H19N/c1-11-3-5-12(6-4-11)13-9-15-10-14(13)7-2-8-14/h3-6,13,15H,2,7-10H2,1H3. The minimum atomic E-state index is 0.620. The first-order chi connectivity index (χ1) is 7.30. The van der Waals surface area contributed by atoms with E-state index in [1.807, 2.05) is 0 Å². The second kappa shape index (κ2) is 3.34. The quantitative estimate of drug-likeness (QED) is 0.736. The fourth-order valence-electron chi connectivity index (χ4n) is 3.23. The number of hydrogen-bond acceptors (Lipinski definition) is 1. The number of aryl methyl sites for hydroxylation is 1. The van der Waals surface area contributed by atoms with E-state index in [0.717, 1.165) is 5.92 Å². The van der Waals surface area contributed by atoms with Crippen LogP contribution in [0.3, 0.4) is 0 Å². The molecule has 1 saturated heterocycles. The fourth-order valence-corrected chi connectivity index (χ4v) is 3.23. The lowest BCUT2D eigenvalue weighted by atomic mass is 9.61. The van der Waals surface area contributed by atoms with Crippen molar-refractivity contribution in [1.82, 2.24) is 5.32 Å². The van der Waals surface area contributed by atoms with Crippen LogP contribution in [-0.2, 0) is 0 Å². The van der Waals surface area contributed by atoms with Gasteiger partial charge in [-0.2, -0.15) is 0 Å². The van der Waals surface area contributed by atoms with Crippen LogP contribution in [0.1, 0.15) is 36.3 Å². The molecule has 0 aromatic heterocycles. The molecule has 0 bridgehead atoms. The molecule has 1 atom stereocenters. The molecule has 1 aliphatic carbocycles. The first-order valence-corrected chi connectivity index (χ1v) is 6.07. The summed E-state index contributed by atoms with van der Waals surface area (Å²) in [4.78, 5) is 0. The fraction of sp³-hybridized carbons (Fsp3) is 0.571. The average molecular weight is 201 g/mol. The molecule has 2 fully saturated rings. The van der Waals surface area contributed by atoms with E-state index in [9.17, 15) is 0 Å². The smallest absolute Gasteiger partial charge is 0.00320 e. The predicted octanol–water partition coefficient (Wildman–Crippen LogP) is 2.85. The zero-order valence-electron chi connectivity index (χ0n) is 9.42. The van der Waals surface area contributed by atoms with Crippen molar-refractivity contribution in [3.63, 3.8) is 0 Å². The maximum absolute atomic E-state index is 3.58. The molecule has 1 nitrogen and oxygen atoms in total. The summed E-state index contributed by atoms with van der Waals surface area (Å²) in [6.07, 6.45) is 4.29. The van der Waals surface area contributed by atoms with Crippen LogP contribution in [0.25, 0.3) is 0 Å². The molecule has 1 N–H and O–H groups in total. The zero-order chi connectivity index (χ0) is 10.3. The molecule has 1 aliphatic heterocycles. The zero-order valence-corrected chi connectivity index (χ0v) is 9.42. The summed E-state index contributed by atoms with van der Waals surface area (Å²) >= 11 is 0. The maximum Gasteiger partial charge on any atom is 0.00320 e. The topological polar surface area (TPSA) is 12.0 Å². The van der Waals surface area contributed by atoms with Crippen LogP contribution in [0.2, 0.25) is 0 Å². The molecule has 15 heavy (non-hydrogen) atoms. The van der Waals surface area contributed by atoms with Crippen LogP contribution in [0.15, 0.2) is 24.3 Å². The number of rotatable bonds is 1. The van der Waals surface area contributed by atoms with Gasteiger partial charge in [0.2, 0.25) is 0 Å². The highest BCUT2D eigenvalue weighted by Gasteiger charge is 2.47. The molecule has 1 unspecified atom stereocenters. The Morgan fingerprint density at radius 1 is 1.20 bits per heavy atom. The van der Waals surface area contributed by atoms with E-state index in [-0.39, 0.29) is 0 Å². The van der Waals surface area contributed by atoms with Crippen molar-refractivity contribution in [3.8, 4) is 0 Å². The van der Waals surface area contributed by atoms with Gasteiger partial charge >= 0.3 is 0 Å². The van der Waals surface area contributed by atoms with Gasteiger partial charge in [0.25, 0.3) is 0 Å². The summed E-state index contributed by atoms with van der Waals surface area (Å²) in [6.45, 7) is 4.59. The van der Waals surface area contributed by atoms with Crippen molar-refractivity contribution in [2.24, 2.45) is 5.41 Å². The number of nitrogens with one attached hydrogen (secondary N) is 1. The van der Waals surface area contributed by atoms with Crippen LogP contribution in [0.5, 0.6) is 0 Å². The molecular weight excluding hydrogens is 182 g/mol. The third kappa shape index (κ3) is 1.41. The van der Waals surface area contributed by atoms with Gasteiger partial charge in [-0.1, -0.05) is 36.2 Å². The van der Waals surface area contributed by atoms with Crippen LogP contribution < -0.4 is 5.32 Å². The second-order valence-electron chi connectivity index (χ2n) is 5.31. The Morgan fingerprint density at radius 2 is 1.93 bits per heavy atom. The monoisotopic (exact) mass is 201 g/mol. The van der Waals surface area contributed by atoms with Gasteiger partial charge in [0.15, 0.2) is 0 Å². The molecule has 2 aliphatic rings. The van der Waals surface area contributed by atoms with E-state index in [0.29, 0.717) is 5.41 Å². The Kier molecular flexibility index (Phi) is 2.10. The van der Waals surface area contributed by atoms with Crippen molar-refractivity contribution in [2.75, 3.05) is 13.1 Å². The van der Waals surface area contributed by atoms with Gasteiger partial charge in [0.05, 0.1) is 0 Å². The first-order valence-electron chi connectivity index (χ1n) is 6.07. The van der Waals surface area contributed by atoms with Gasteiger partial charge < -0.3 is 5.32 Å². The second-order valence-corrected chi connectivity index (χ2v) is 5.31. The SMILES string of the molecule is Cc1ccc(C2CNCC23CCC3)cc1. The molecule has 1 heterocycles. The molecule has 1 heteroatoms. The normalized spacial score (nSPS) is 27.9. The lowest BCUT2D eigenvalue weighted by molar-refractivity contribution is 0.137. The molecule has 80 valence electrons. The summed E-state index contributed by atoms with van der Waals surface area (Å²) in [6, 6.07) is 9.15. The third-order valence-electron chi connectivity index (χ3n) is 4.39. The molecule has 1 aromatic rings. The average Bonchev–Trinajstić information content (AvgIpc) is 2.62. The molecular formula is C14H19N. The van der Waals surface area contributed by atoms with E-state index in [1.165, 1.54) is 37.9 Å². The number of hydrogen-bond donors (Lipinski definition) is 1. The molecule has 0 radical (unpaired) electrons. The van der Waals surface area contributed by atoms with Crippen LogP contribution >= 0.6 is 0 Å². The summed E-state index contributed by atoms with van der Waals surface area (Å²) in [7, 11) is 0. The van der Waals surface area contributed by atoms with E-state index < -0.39 is 0 Å². The third-order valence-corrected chi connectivity index (χ3v) is 4.39. The minimum Gasteiger partial charge on any atom is -0.316 e. The Labute approximate surface area is 91.9 Å². The first kappa shape index (κ1) is 9.41. The van der Waals surface area contributed by atoms with Crippen molar-refractivity contribution in [1.29, 1.82) is 0 Å².